The molecule has 0 aliphatic carbocycles. The molecule has 0 radical (unpaired) electrons. The highest BCUT2D eigenvalue weighted by molar-refractivity contribution is 7.97. The second-order valence-corrected chi connectivity index (χ2v) is 4.63. The Morgan fingerprint density at radius 3 is 3.00 bits per heavy atom. The topological polar surface area (TPSA) is 73.6 Å². The minimum atomic E-state index is -0.347. The number of nitrogens with two attached hydrogens (primary N) is 1. The number of amides is 1. The van der Waals surface area contributed by atoms with Crippen molar-refractivity contribution in [2.75, 3.05) is 6.61 Å². The molecule has 1 saturated heterocycles. The SMILES string of the molecule is NSc1ccccc1C(=O)NOC1CCCCO1. The third kappa shape index (κ3) is 3.46. The van der Waals surface area contributed by atoms with E-state index in [2.05, 4.69) is 5.48 Å². The van der Waals surface area contributed by atoms with Crippen LogP contribution in [-0.2, 0) is 9.57 Å². The van der Waals surface area contributed by atoms with E-state index in [4.69, 9.17) is 14.7 Å². The molecule has 3 N–H and O–H groups in total. The predicted octanol–water partition coefficient (Wildman–Crippen LogP) is 1.84. The number of hydroxylamine groups is 1. The Morgan fingerprint density at radius 1 is 1.44 bits per heavy atom. The zero-order valence-electron chi connectivity index (χ0n) is 9.93. The molecule has 1 aromatic carbocycles. The fourth-order valence-corrected chi connectivity index (χ4v) is 2.18. The monoisotopic (exact) mass is 268 g/mol. The molecule has 6 heteroatoms. The Bertz CT molecular complexity index is 408. The second-order valence-electron chi connectivity index (χ2n) is 3.96. The van der Waals surface area contributed by atoms with Crippen LogP contribution in [0.1, 0.15) is 29.6 Å². The van der Waals surface area contributed by atoms with Gasteiger partial charge >= 0.3 is 0 Å². The average molecular weight is 268 g/mol. The predicted molar refractivity (Wildman–Crippen MR) is 68.6 cm³/mol. The second kappa shape index (κ2) is 6.75. The summed E-state index contributed by atoms with van der Waals surface area (Å²) in [6.07, 6.45) is 2.55. The van der Waals surface area contributed by atoms with E-state index in [9.17, 15) is 4.79 Å². The van der Waals surface area contributed by atoms with Crippen LogP contribution in [0.25, 0.3) is 0 Å². The van der Waals surface area contributed by atoms with Crippen LogP contribution in [0.3, 0.4) is 0 Å². The summed E-state index contributed by atoms with van der Waals surface area (Å²) in [6.45, 7) is 0.676. The van der Waals surface area contributed by atoms with E-state index in [1.807, 2.05) is 6.07 Å². The number of benzene rings is 1. The average Bonchev–Trinajstić information content (AvgIpc) is 2.45. The van der Waals surface area contributed by atoms with Gasteiger partial charge in [0.05, 0.1) is 5.56 Å². The lowest BCUT2D eigenvalue weighted by atomic mass is 10.2. The van der Waals surface area contributed by atoms with Gasteiger partial charge < -0.3 is 4.74 Å². The lowest BCUT2D eigenvalue weighted by Crippen LogP contribution is -2.33. The highest BCUT2D eigenvalue weighted by atomic mass is 32.2. The van der Waals surface area contributed by atoms with Gasteiger partial charge in [0.25, 0.3) is 5.91 Å². The van der Waals surface area contributed by atoms with Gasteiger partial charge in [0.15, 0.2) is 6.29 Å². The third-order valence-corrected chi connectivity index (χ3v) is 3.29. The molecule has 0 saturated carbocycles. The molecule has 1 aliphatic rings. The molecule has 1 amide bonds. The maximum Gasteiger partial charge on any atom is 0.276 e. The Hall–Kier alpha value is -1.08. The van der Waals surface area contributed by atoms with Gasteiger partial charge in [0.1, 0.15) is 0 Å². The molecule has 1 heterocycles. The summed E-state index contributed by atoms with van der Waals surface area (Å²) in [7, 11) is 0. The van der Waals surface area contributed by atoms with E-state index in [1.165, 1.54) is 0 Å². The molecule has 18 heavy (non-hydrogen) atoms. The minimum absolute atomic E-state index is 0.308. The molecule has 0 spiro atoms. The molecule has 1 aromatic rings. The van der Waals surface area contributed by atoms with Crippen LogP contribution < -0.4 is 10.6 Å². The normalized spacial score (nSPS) is 19.5. The number of carbonyl (C=O) groups excluding carboxylic acids is 1. The van der Waals surface area contributed by atoms with Crippen molar-refractivity contribution in [1.82, 2.24) is 5.48 Å². The van der Waals surface area contributed by atoms with Crippen LogP contribution in [0, 0.1) is 0 Å². The summed E-state index contributed by atoms with van der Waals surface area (Å²) in [6, 6.07) is 7.11. The summed E-state index contributed by atoms with van der Waals surface area (Å²) in [5.74, 6) is -0.308. The number of nitrogens with one attached hydrogen (secondary N) is 1. The van der Waals surface area contributed by atoms with Gasteiger partial charge in [-0.1, -0.05) is 12.1 Å². The minimum Gasteiger partial charge on any atom is -0.350 e. The van der Waals surface area contributed by atoms with Crippen molar-refractivity contribution in [1.29, 1.82) is 0 Å². The van der Waals surface area contributed by atoms with Gasteiger partial charge in [0, 0.05) is 17.9 Å². The van der Waals surface area contributed by atoms with Gasteiger partial charge in [-0.25, -0.2) is 10.3 Å². The molecule has 5 nitrogen and oxygen atoms in total. The number of rotatable bonds is 4. The number of carbonyl (C=O) groups is 1. The number of ether oxygens (including phenoxy) is 1. The number of hydrogen-bond acceptors (Lipinski definition) is 5. The van der Waals surface area contributed by atoms with Crippen molar-refractivity contribution in [3.8, 4) is 0 Å². The van der Waals surface area contributed by atoms with Crippen LogP contribution in [0.2, 0.25) is 0 Å². The zero-order chi connectivity index (χ0) is 12.8. The van der Waals surface area contributed by atoms with Crippen molar-refractivity contribution in [2.24, 2.45) is 5.14 Å². The molecule has 0 aromatic heterocycles. The molecule has 1 aliphatic heterocycles. The smallest absolute Gasteiger partial charge is 0.276 e. The summed E-state index contributed by atoms with van der Waals surface area (Å²) in [4.78, 5) is 17.8. The Kier molecular flexibility index (Phi) is 5.00. The highest BCUT2D eigenvalue weighted by Crippen LogP contribution is 2.18. The Morgan fingerprint density at radius 2 is 2.28 bits per heavy atom. The lowest BCUT2D eigenvalue weighted by Gasteiger charge is -2.22. The van der Waals surface area contributed by atoms with E-state index in [0.717, 1.165) is 31.2 Å². The van der Waals surface area contributed by atoms with Gasteiger partial charge in [0.2, 0.25) is 0 Å². The van der Waals surface area contributed by atoms with E-state index in [1.54, 1.807) is 18.2 Å². The number of hydrogen-bond donors (Lipinski definition) is 2. The first kappa shape index (κ1) is 13.4. The summed E-state index contributed by atoms with van der Waals surface area (Å²) in [5.41, 5.74) is 2.91. The largest absolute Gasteiger partial charge is 0.350 e. The molecule has 1 fully saturated rings. The van der Waals surface area contributed by atoms with Crippen molar-refractivity contribution < 1.29 is 14.4 Å². The summed E-state index contributed by atoms with van der Waals surface area (Å²) >= 11 is 1.04. The van der Waals surface area contributed by atoms with Crippen molar-refractivity contribution >= 4 is 17.9 Å². The van der Waals surface area contributed by atoms with Crippen LogP contribution in [0.15, 0.2) is 29.2 Å². The maximum atomic E-state index is 11.9. The van der Waals surface area contributed by atoms with Crippen molar-refractivity contribution in [3.05, 3.63) is 29.8 Å². The van der Waals surface area contributed by atoms with Crippen LogP contribution in [-0.4, -0.2) is 18.8 Å². The van der Waals surface area contributed by atoms with Gasteiger partial charge in [-0.2, -0.15) is 0 Å². The summed E-state index contributed by atoms with van der Waals surface area (Å²) < 4.78 is 5.35. The Labute approximate surface area is 110 Å². The van der Waals surface area contributed by atoms with Gasteiger partial charge in [-0.05, 0) is 36.9 Å². The first-order chi connectivity index (χ1) is 8.81. The molecule has 1 atom stereocenters. The fourth-order valence-electron chi connectivity index (χ4n) is 1.74. The van der Waals surface area contributed by atoms with Crippen molar-refractivity contribution in [2.45, 2.75) is 30.4 Å². The first-order valence-electron chi connectivity index (χ1n) is 5.84. The highest BCUT2D eigenvalue weighted by Gasteiger charge is 2.17. The molecule has 0 bridgehead atoms. The third-order valence-electron chi connectivity index (χ3n) is 2.68. The van der Waals surface area contributed by atoms with Crippen LogP contribution in [0.5, 0.6) is 0 Å². The maximum absolute atomic E-state index is 11.9. The van der Waals surface area contributed by atoms with E-state index >= 15 is 0 Å². The van der Waals surface area contributed by atoms with Gasteiger partial charge in [-0.3, -0.25) is 9.93 Å². The van der Waals surface area contributed by atoms with Crippen molar-refractivity contribution in [3.63, 3.8) is 0 Å². The fraction of sp³-hybridized carbons (Fsp3) is 0.417. The first-order valence-corrected chi connectivity index (χ1v) is 6.72. The zero-order valence-corrected chi connectivity index (χ0v) is 10.7. The Balaban J connectivity index is 1.90. The van der Waals surface area contributed by atoms with Crippen LogP contribution >= 0.6 is 11.9 Å². The van der Waals surface area contributed by atoms with E-state index in [-0.39, 0.29) is 12.2 Å². The molecular formula is C12H16N2O3S. The molecule has 1 unspecified atom stereocenters. The molecule has 2 rings (SSSR count). The lowest BCUT2D eigenvalue weighted by molar-refractivity contribution is -0.186. The quantitative estimate of drug-likeness (QED) is 0.644. The van der Waals surface area contributed by atoms with E-state index in [0.29, 0.717) is 17.1 Å². The standard InChI is InChI=1S/C12H16N2O3S/c13-18-10-6-2-1-5-9(10)12(15)14-17-11-7-3-4-8-16-11/h1-2,5-6,11H,3-4,7-8,13H2,(H,14,15). The molecule has 98 valence electrons. The van der Waals surface area contributed by atoms with Gasteiger partial charge in [-0.15, -0.1) is 0 Å². The molecular weight excluding hydrogens is 252 g/mol. The van der Waals surface area contributed by atoms with E-state index < -0.39 is 0 Å². The van der Waals surface area contributed by atoms with Crippen LogP contribution in [0.4, 0.5) is 0 Å². The summed E-state index contributed by atoms with van der Waals surface area (Å²) in [5, 5.41) is 5.50.